The lowest BCUT2D eigenvalue weighted by Gasteiger charge is -2.35. The summed E-state index contributed by atoms with van der Waals surface area (Å²) in [6.07, 6.45) is -10.1. The van der Waals surface area contributed by atoms with E-state index in [1.54, 1.807) is 0 Å². The molecule has 0 aliphatic heterocycles. The summed E-state index contributed by atoms with van der Waals surface area (Å²) in [7, 11) is 0. The van der Waals surface area contributed by atoms with E-state index in [2.05, 4.69) is 0 Å². The van der Waals surface area contributed by atoms with Gasteiger partial charge < -0.3 is 0 Å². The molecule has 0 aromatic heterocycles. The molecule has 0 fully saturated rings. The second-order valence-corrected chi connectivity index (χ2v) is 4.94. The highest BCUT2D eigenvalue weighted by atomic mass is 19.4. The van der Waals surface area contributed by atoms with E-state index in [1.807, 2.05) is 6.92 Å². The normalized spacial score (nSPS) is 16.0. The molecule has 0 heterocycles. The minimum atomic E-state index is -7.03. The molecule has 22 heavy (non-hydrogen) atoms. The van der Waals surface area contributed by atoms with Crippen molar-refractivity contribution in [3.8, 4) is 0 Å². The zero-order valence-corrected chi connectivity index (χ0v) is 11.6. The molecule has 0 saturated heterocycles. The monoisotopic (exact) mass is 350 g/mol. The molecule has 0 aliphatic rings. The summed E-state index contributed by atoms with van der Waals surface area (Å²) >= 11 is 0. The van der Waals surface area contributed by atoms with Crippen LogP contribution in [0, 0.1) is 0 Å². The Labute approximate surface area is 120 Å². The molecule has 0 N–H and O–H groups in total. The van der Waals surface area contributed by atoms with Gasteiger partial charge in [-0.3, -0.25) is 0 Å². The van der Waals surface area contributed by atoms with Crippen LogP contribution in [-0.4, -0.2) is 30.1 Å². The fraction of sp³-hybridized carbons (Fsp3) is 1.00. The molecule has 0 spiro atoms. The third-order valence-corrected chi connectivity index (χ3v) is 3.12. The van der Waals surface area contributed by atoms with Crippen LogP contribution in [-0.2, 0) is 0 Å². The molecule has 1 atom stereocenters. The van der Waals surface area contributed by atoms with E-state index in [0.29, 0.717) is 12.8 Å². The number of rotatable bonds is 9. The lowest BCUT2D eigenvalue weighted by molar-refractivity contribution is -0.403. The highest BCUT2D eigenvalue weighted by Gasteiger charge is 2.83. The van der Waals surface area contributed by atoms with Gasteiger partial charge in [-0.05, 0) is 6.42 Å². The smallest absolute Gasteiger partial charge is 0.241 e. The Morgan fingerprint density at radius 1 is 0.682 bits per heavy atom. The van der Waals surface area contributed by atoms with Gasteiger partial charge in [0, 0.05) is 0 Å². The summed E-state index contributed by atoms with van der Waals surface area (Å²) in [6, 6.07) is 0. The first kappa shape index (κ1) is 21.3. The van der Waals surface area contributed by atoms with Crippen LogP contribution in [0.2, 0.25) is 0 Å². The van der Waals surface area contributed by atoms with Crippen molar-refractivity contribution in [1.29, 1.82) is 0 Å². The van der Waals surface area contributed by atoms with Crippen molar-refractivity contribution < 1.29 is 43.9 Å². The molecule has 0 radical (unpaired) electrons. The first-order valence-electron chi connectivity index (χ1n) is 6.57. The Morgan fingerprint density at radius 3 is 1.55 bits per heavy atom. The first-order valence-corrected chi connectivity index (χ1v) is 6.57. The van der Waals surface area contributed by atoms with Gasteiger partial charge in [-0.1, -0.05) is 39.0 Å². The summed E-state index contributed by atoms with van der Waals surface area (Å²) in [4.78, 5) is 0. The van der Waals surface area contributed by atoms with E-state index >= 15 is 0 Å². The van der Waals surface area contributed by atoms with Gasteiger partial charge in [0.2, 0.25) is 0 Å². The van der Waals surface area contributed by atoms with E-state index in [9.17, 15) is 43.9 Å². The molecule has 0 aromatic rings. The fourth-order valence-electron chi connectivity index (χ4n) is 1.69. The molecule has 0 rings (SSSR count). The van der Waals surface area contributed by atoms with Gasteiger partial charge in [0.15, 0.2) is 6.17 Å². The molecule has 0 saturated carbocycles. The van der Waals surface area contributed by atoms with Gasteiger partial charge in [-0.15, -0.1) is 0 Å². The summed E-state index contributed by atoms with van der Waals surface area (Å²) in [6.45, 7) is 1.81. The van der Waals surface area contributed by atoms with Crippen LogP contribution in [0.5, 0.6) is 0 Å². The Hall–Kier alpha value is -0.700. The second-order valence-electron chi connectivity index (χ2n) is 4.94. The van der Waals surface area contributed by atoms with Gasteiger partial charge in [0.1, 0.15) is 0 Å². The van der Waals surface area contributed by atoms with Crippen LogP contribution in [0.15, 0.2) is 0 Å². The van der Waals surface area contributed by atoms with E-state index in [1.165, 1.54) is 0 Å². The molecule has 1 unspecified atom stereocenters. The van der Waals surface area contributed by atoms with Crippen molar-refractivity contribution in [1.82, 2.24) is 0 Å². The summed E-state index contributed by atoms with van der Waals surface area (Å²) in [5.41, 5.74) is 0. The topological polar surface area (TPSA) is 0 Å². The van der Waals surface area contributed by atoms with Crippen LogP contribution in [0.3, 0.4) is 0 Å². The maximum absolute atomic E-state index is 13.2. The summed E-state index contributed by atoms with van der Waals surface area (Å²) in [5.74, 6) is -20.0. The van der Waals surface area contributed by atoms with Crippen LogP contribution in [0.1, 0.15) is 45.4 Å². The highest BCUT2D eigenvalue weighted by molar-refractivity contribution is 5.03. The van der Waals surface area contributed by atoms with Crippen molar-refractivity contribution in [2.75, 3.05) is 0 Å². The van der Waals surface area contributed by atoms with E-state index in [4.69, 9.17) is 0 Å². The molecular weight excluding hydrogens is 334 g/mol. The van der Waals surface area contributed by atoms with Crippen LogP contribution < -0.4 is 0 Å². The minimum Gasteiger partial charge on any atom is -0.241 e. The van der Waals surface area contributed by atoms with Crippen LogP contribution in [0.4, 0.5) is 43.9 Å². The standard InChI is InChI=1S/C12H16F10/c1-2-3-4-5-6-7-8(13)9(14,15)10(16,17)11(18,19)12(20,21)22/h8H,2-7H2,1H3. The number of unbranched alkanes of at least 4 members (excludes halogenated alkanes) is 4. The quantitative estimate of drug-likeness (QED) is 0.345. The molecule has 134 valence electrons. The molecule has 0 amide bonds. The van der Waals surface area contributed by atoms with Crippen molar-refractivity contribution in [3.63, 3.8) is 0 Å². The average molecular weight is 350 g/mol. The maximum atomic E-state index is 13.2. The molecular formula is C12H16F10. The minimum absolute atomic E-state index is 0.186. The Kier molecular flexibility index (Phi) is 7.02. The number of hydrogen-bond acceptors (Lipinski definition) is 0. The third kappa shape index (κ3) is 4.18. The SMILES string of the molecule is CCCCCCCC(F)C(F)(F)C(F)(F)C(F)(F)C(F)(F)F. The summed E-state index contributed by atoms with van der Waals surface area (Å²) in [5, 5.41) is 0. The molecule has 0 bridgehead atoms. The van der Waals surface area contributed by atoms with Gasteiger partial charge >= 0.3 is 23.9 Å². The van der Waals surface area contributed by atoms with Crippen molar-refractivity contribution in [2.45, 2.75) is 75.6 Å². The summed E-state index contributed by atoms with van der Waals surface area (Å²) < 4.78 is 126. The van der Waals surface area contributed by atoms with Gasteiger partial charge in [-0.2, -0.15) is 39.5 Å². The van der Waals surface area contributed by atoms with E-state index < -0.39 is 36.5 Å². The van der Waals surface area contributed by atoms with Crippen molar-refractivity contribution in [3.05, 3.63) is 0 Å². The third-order valence-electron chi connectivity index (χ3n) is 3.12. The highest BCUT2D eigenvalue weighted by Crippen LogP contribution is 2.54. The molecule has 10 heteroatoms. The zero-order valence-electron chi connectivity index (χ0n) is 11.6. The predicted octanol–water partition coefficient (Wildman–Crippen LogP) is 6.15. The zero-order chi connectivity index (χ0) is 17.8. The van der Waals surface area contributed by atoms with E-state index in [-0.39, 0.29) is 12.8 Å². The predicted molar refractivity (Wildman–Crippen MR) is 59.2 cm³/mol. The largest absolute Gasteiger partial charge is 0.460 e. The number of halogens is 10. The second kappa shape index (κ2) is 7.25. The fourth-order valence-corrected chi connectivity index (χ4v) is 1.69. The van der Waals surface area contributed by atoms with E-state index in [0.717, 1.165) is 6.42 Å². The number of alkyl halides is 10. The van der Waals surface area contributed by atoms with Gasteiger partial charge in [0.25, 0.3) is 0 Å². The first-order chi connectivity index (χ1) is 9.73. The molecule has 0 aromatic carbocycles. The molecule has 0 aliphatic carbocycles. The maximum Gasteiger partial charge on any atom is 0.460 e. The number of hydrogen-bond donors (Lipinski definition) is 0. The van der Waals surface area contributed by atoms with Gasteiger partial charge in [0.05, 0.1) is 0 Å². The average Bonchev–Trinajstić information content (AvgIpc) is 2.36. The van der Waals surface area contributed by atoms with Crippen LogP contribution in [0.25, 0.3) is 0 Å². The lowest BCUT2D eigenvalue weighted by Crippen LogP contribution is -2.63. The van der Waals surface area contributed by atoms with Crippen molar-refractivity contribution >= 4 is 0 Å². The van der Waals surface area contributed by atoms with Crippen LogP contribution >= 0.6 is 0 Å². The van der Waals surface area contributed by atoms with Gasteiger partial charge in [-0.25, -0.2) is 4.39 Å². The Morgan fingerprint density at radius 2 is 1.14 bits per heavy atom. The van der Waals surface area contributed by atoms with Crippen molar-refractivity contribution in [2.24, 2.45) is 0 Å². The molecule has 0 nitrogen and oxygen atoms in total. The lowest BCUT2D eigenvalue weighted by atomic mass is 9.96. The Bertz CT molecular complexity index is 333. The Balaban J connectivity index is 4.95.